The SMILES string of the molecule is NCc1ccc(OCc2nc(C3CC3)no2)c(F)c1. The number of halogens is 1. The Morgan fingerprint density at radius 2 is 2.26 bits per heavy atom. The van der Waals surface area contributed by atoms with E-state index < -0.39 is 5.82 Å². The topological polar surface area (TPSA) is 74.2 Å². The quantitative estimate of drug-likeness (QED) is 0.894. The van der Waals surface area contributed by atoms with E-state index in [0.29, 0.717) is 18.4 Å². The molecule has 0 saturated heterocycles. The van der Waals surface area contributed by atoms with Crippen LogP contribution in [0.25, 0.3) is 0 Å². The van der Waals surface area contributed by atoms with Gasteiger partial charge in [-0.25, -0.2) is 4.39 Å². The molecule has 6 heteroatoms. The molecule has 3 rings (SSSR count). The summed E-state index contributed by atoms with van der Waals surface area (Å²) in [6.07, 6.45) is 2.21. The van der Waals surface area contributed by atoms with Crippen LogP contribution in [0.4, 0.5) is 4.39 Å². The van der Waals surface area contributed by atoms with Gasteiger partial charge in [0, 0.05) is 12.5 Å². The summed E-state index contributed by atoms with van der Waals surface area (Å²) in [4.78, 5) is 4.21. The fourth-order valence-electron chi connectivity index (χ4n) is 1.76. The van der Waals surface area contributed by atoms with E-state index in [9.17, 15) is 4.39 Å². The summed E-state index contributed by atoms with van der Waals surface area (Å²) < 4.78 is 24.0. The zero-order valence-electron chi connectivity index (χ0n) is 10.3. The predicted molar refractivity (Wildman–Crippen MR) is 64.9 cm³/mol. The summed E-state index contributed by atoms with van der Waals surface area (Å²) in [5, 5.41) is 3.86. The highest BCUT2D eigenvalue weighted by Crippen LogP contribution is 2.38. The monoisotopic (exact) mass is 263 g/mol. The lowest BCUT2D eigenvalue weighted by Crippen LogP contribution is -2.01. The van der Waals surface area contributed by atoms with Crippen molar-refractivity contribution >= 4 is 0 Å². The normalized spacial score (nSPS) is 14.6. The molecular weight excluding hydrogens is 249 g/mol. The van der Waals surface area contributed by atoms with E-state index in [1.165, 1.54) is 6.07 Å². The van der Waals surface area contributed by atoms with Gasteiger partial charge in [-0.1, -0.05) is 11.2 Å². The molecule has 0 aliphatic heterocycles. The summed E-state index contributed by atoms with van der Waals surface area (Å²) in [6, 6.07) is 4.64. The van der Waals surface area contributed by atoms with Gasteiger partial charge in [0.05, 0.1) is 0 Å². The van der Waals surface area contributed by atoms with Crippen LogP contribution in [-0.4, -0.2) is 10.1 Å². The molecule has 1 fully saturated rings. The summed E-state index contributed by atoms with van der Waals surface area (Å²) >= 11 is 0. The Hall–Kier alpha value is -1.95. The lowest BCUT2D eigenvalue weighted by Gasteiger charge is -2.05. The Balaban J connectivity index is 1.64. The second-order valence-electron chi connectivity index (χ2n) is 4.58. The molecule has 1 heterocycles. The number of nitrogens with zero attached hydrogens (tertiary/aromatic N) is 2. The number of ether oxygens (including phenoxy) is 1. The van der Waals surface area contributed by atoms with Gasteiger partial charge in [0.15, 0.2) is 24.0 Å². The fourth-order valence-corrected chi connectivity index (χ4v) is 1.76. The molecule has 5 nitrogen and oxygen atoms in total. The zero-order chi connectivity index (χ0) is 13.2. The number of hydrogen-bond donors (Lipinski definition) is 1. The van der Waals surface area contributed by atoms with Crippen molar-refractivity contribution in [1.82, 2.24) is 10.1 Å². The average molecular weight is 263 g/mol. The van der Waals surface area contributed by atoms with E-state index in [0.717, 1.165) is 24.2 Å². The Morgan fingerprint density at radius 3 is 2.95 bits per heavy atom. The number of rotatable bonds is 5. The molecule has 0 spiro atoms. The molecule has 19 heavy (non-hydrogen) atoms. The molecule has 2 N–H and O–H groups in total. The van der Waals surface area contributed by atoms with Crippen LogP contribution in [0.2, 0.25) is 0 Å². The van der Waals surface area contributed by atoms with Gasteiger partial charge in [-0.05, 0) is 30.5 Å². The number of hydrogen-bond acceptors (Lipinski definition) is 5. The van der Waals surface area contributed by atoms with Crippen molar-refractivity contribution in [2.24, 2.45) is 5.73 Å². The summed E-state index contributed by atoms with van der Waals surface area (Å²) in [6.45, 7) is 0.365. The lowest BCUT2D eigenvalue weighted by atomic mass is 10.2. The van der Waals surface area contributed by atoms with E-state index in [-0.39, 0.29) is 12.4 Å². The van der Waals surface area contributed by atoms with Crippen molar-refractivity contribution in [3.05, 3.63) is 41.3 Å². The standard InChI is InChI=1S/C13H14FN3O2/c14-10-5-8(6-15)1-4-11(10)18-7-12-16-13(17-19-12)9-2-3-9/h1,4-5,9H,2-3,6-7,15H2. The molecule has 0 bridgehead atoms. The van der Waals surface area contributed by atoms with Crippen LogP contribution in [0.15, 0.2) is 22.7 Å². The molecule has 100 valence electrons. The van der Waals surface area contributed by atoms with Crippen LogP contribution in [0.3, 0.4) is 0 Å². The number of aromatic nitrogens is 2. The first kappa shape index (κ1) is 12.1. The van der Waals surface area contributed by atoms with Gasteiger partial charge in [-0.3, -0.25) is 0 Å². The Kier molecular flexibility index (Phi) is 3.16. The molecule has 0 amide bonds. The third-order valence-corrected chi connectivity index (χ3v) is 3.01. The summed E-state index contributed by atoms with van der Waals surface area (Å²) in [5.41, 5.74) is 6.15. The first-order chi connectivity index (χ1) is 9.26. The summed E-state index contributed by atoms with van der Waals surface area (Å²) in [7, 11) is 0. The third kappa shape index (κ3) is 2.73. The van der Waals surface area contributed by atoms with Crippen LogP contribution in [0.5, 0.6) is 5.75 Å². The molecule has 1 saturated carbocycles. The molecule has 0 radical (unpaired) electrons. The van der Waals surface area contributed by atoms with Gasteiger partial charge in [0.25, 0.3) is 5.89 Å². The minimum Gasteiger partial charge on any atom is -0.481 e. The molecular formula is C13H14FN3O2. The van der Waals surface area contributed by atoms with Crippen molar-refractivity contribution in [3.63, 3.8) is 0 Å². The van der Waals surface area contributed by atoms with E-state index >= 15 is 0 Å². The maximum absolute atomic E-state index is 13.6. The fraction of sp³-hybridized carbons (Fsp3) is 0.385. The maximum atomic E-state index is 13.6. The van der Waals surface area contributed by atoms with Crippen LogP contribution in [0, 0.1) is 5.82 Å². The van der Waals surface area contributed by atoms with Crippen molar-refractivity contribution in [2.75, 3.05) is 0 Å². The lowest BCUT2D eigenvalue weighted by molar-refractivity contribution is 0.234. The van der Waals surface area contributed by atoms with Crippen LogP contribution < -0.4 is 10.5 Å². The summed E-state index contributed by atoms with van der Waals surface area (Å²) in [5.74, 6) is 1.23. The third-order valence-electron chi connectivity index (χ3n) is 3.01. The number of benzene rings is 1. The van der Waals surface area contributed by atoms with Gasteiger partial charge in [-0.15, -0.1) is 0 Å². The van der Waals surface area contributed by atoms with Crippen molar-refractivity contribution in [2.45, 2.75) is 31.9 Å². The maximum Gasteiger partial charge on any atom is 0.264 e. The van der Waals surface area contributed by atoms with E-state index in [2.05, 4.69) is 10.1 Å². The van der Waals surface area contributed by atoms with Gasteiger partial charge in [0.2, 0.25) is 0 Å². The van der Waals surface area contributed by atoms with Crippen molar-refractivity contribution < 1.29 is 13.7 Å². The number of nitrogens with two attached hydrogens (primary N) is 1. The zero-order valence-corrected chi connectivity index (χ0v) is 10.3. The van der Waals surface area contributed by atoms with Crippen molar-refractivity contribution in [1.29, 1.82) is 0 Å². The average Bonchev–Trinajstić information content (AvgIpc) is 3.17. The molecule has 1 aliphatic carbocycles. The van der Waals surface area contributed by atoms with Gasteiger partial charge in [0.1, 0.15) is 0 Å². The molecule has 1 aromatic carbocycles. The highest BCUT2D eigenvalue weighted by molar-refractivity contribution is 5.29. The first-order valence-corrected chi connectivity index (χ1v) is 6.20. The molecule has 0 unspecified atom stereocenters. The van der Waals surface area contributed by atoms with Crippen LogP contribution in [0.1, 0.15) is 36.0 Å². The van der Waals surface area contributed by atoms with Crippen LogP contribution in [-0.2, 0) is 13.2 Å². The Bertz CT molecular complexity index is 581. The van der Waals surface area contributed by atoms with Gasteiger partial charge in [-0.2, -0.15) is 4.98 Å². The predicted octanol–water partition coefficient (Wildman–Crippen LogP) is 2.12. The van der Waals surface area contributed by atoms with E-state index in [4.69, 9.17) is 15.0 Å². The Labute approximate surface area is 109 Å². The van der Waals surface area contributed by atoms with E-state index in [1.807, 2.05) is 0 Å². The van der Waals surface area contributed by atoms with Gasteiger partial charge < -0.3 is 15.0 Å². The molecule has 1 aromatic heterocycles. The molecule has 1 aliphatic rings. The van der Waals surface area contributed by atoms with Gasteiger partial charge >= 0.3 is 0 Å². The second kappa shape index (κ2) is 4.97. The minimum atomic E-state index is -0.440. The first-order valence-electron chi connectivity index (χ1n) is 6.20. The Morgan fingerprint density at radius 1 is 1.42 bits per heavy atom. The second-order valence-corrected chi connectivity index (χ2v) is 4.58. The minimum absolute atomic E-state index is 0.0681. The smallest absolute Gasteiger partial charge is 0.264 e. The molecule has 0 atom stereocenters. The van der Waals surface area contributed by atoms with Crippen molar-refractivity contribution in [3.8, 4) is 5.75 Å². The highest BCUT2D eigenvalue weighted by atomic mass is 19.1. The largest absolute Gasteiger partial charge is 0.481 e. The highest BCUT2D eigenvalue weighted by Gasteiger charge is 2.28. The van der Waals surface area contributed by atoms with E-state index in [1.54, 1.807) is 12.1 Å². The van der Waals surface area contributed by atoms with Crippen LogP contribution >= 0.6 is 0 Å². The molecule has 2 aromatic rings.